The molecule has 2 aromatic rings. The number of carboxylic acid groups (broad SMARTS) is 1. The van der Waals surface area contributed by atoms with E-state index >= 15 is 0 Å². The Bertz CT molecular complexity index is 791. The van der Waals surface area contributed by atoms with Crippen molar-refractivity contribution in [2.45, 2.75) is 6.42 Å². The van der Waals surface area contributed by atoms with Crippen LogP contribution >= 0.6 is 0 Å². The Morgan fingerprint density at radius 1 is 1.41 bits per heavy atom. The molecule has 22 heavy (non-hydrogen) atoms. The van der Waals surface area contributed by atoms with Gasteiger partial charge in [-0.3, -0.25) is 4.79 Å². The zero-order chi connectivity index (χ0) is 15.7. The van der Waals surface area contributed by atoms with Crippen LogP contribution in [0.15, 0.2) is 24.5 Å². The van der Waals surface area contributed by atoms with Crippen LogP contribution < -0.4 is 5.32 Å². The Balaban J connectivity index is 1.72. The molecule has 0 spiro atoms. The topological polar surface area (TPSA) is 111 Å². The van der Waals surface area contributed by atoms with Crippen LogP contribution in [-0.2, 0) is 4.79 Å². The van der Waals surface area contributed by atoms with Gasteiger partial charge in [-0.1, -0.05) is 0 Å². The van der Waals surface area contributed by atoms with Gasteiger partial charge in [-0.05, 0) is 18.6 Å². The van der Waals surface area contributed by atoms with Crippen molar-refractivity contribution in [1.29, 1.82) is 5.26 Å². The van der Waals surface area contributed by atoms with Crippen molar-refractivity contribution in [3.63, 3.8) is 0 Å². The standard InChI is InChI=1S/C14H13N5O3/c15-5-9-1-2-12-16-11(8-19(12)6-9)17-13(20)10-3-4-18(7-10)14(21)22/h1-2,6,8,10H,3-4,7H2,(H,17,20)(H,21,22)/t10-/m0/s1. The van der Waals surface area contributed by atoms with E-state index in [0.717, 1.165) is 0 Å². The first-order valence-electron chi connectivity index (χ1n) is 6.74. The molecule has 2 amide bonds. The van der Waals surface area contributed by atoms with Crippen molar-refractivity contribution in [1.82, 2.24) is 14.3 Å². The maximum atomic E-state index is 12.2. The lowest BCUT2D eigenvalue weighted by Crippen LogP contribution is -2.30. The summed E-state index contributed by atoms with van der Waals surface area (Å²) < 4.78 is 1.66. The first kappa shape index (κ1) is 13.9. The summed E-state index contributed by atoms with van der Waals surface area (Å²) in [6, 6.07) is 5.37. The highest BCUT2D eigenvalue weighted by atomic mass is 16.4. The number of pyridine rings is 1. The molecule has 3 rings (SSSR count). The fourth-order valence-corrected chi connectivity index (χ4v) is 2.49. The lowest BCUT2D eigenvalue weighted by Gasteiger charge is -2.11. The molecule has 2 aromatic heterocycles. The number of aromatic nitrogens is 2. The highest BCUT2D eigenvalue weighted by Gasteiger charge is 2.31. The van der Waals surface area contributed by atoms with Gasteiger partial charge in [0.2, 0.25) is 5.91 Å². The van der Waals surface area contributed by atoms with E-state index in [1.807, 2.05) is 6.07 Å². The van der Waals surface area contributed by atoms with Crippen LogP contribution in [0.1, 0.15) is 12.0 Å². The molecule has 1 aliphatic rings. The molecule has 8 heteroatoms. The summed E-state index contributed by atoms with van der Waals surface area (Å²) in [5, 5.41) is 20.5. The number of nitriles is 1. The number of carbonyl (C=O) groups is 2. The number of hydrogen-bond donors (Lipinski definition) is 2. The van der Waals surface area contributed by atoms with E-state index in [0.29, 0.717) is 30.0 Å². The largest absolute Gasteiger partial charge is 0.465 e. The number of hydrogen-bond acceptors (Lipinski definition) is 4. The molecule has 0 aliphatic carbocycles. The van der Waals surface area contributed by atoms with Crippen LogP contribution in [0.4, 0.5) is 10.6 Å². The quantitative estimate of drug-likeness (QED) is 0.864. The van der Waals surface area contributed by atoms with Crippen molar-refractivity contribution in [3.8, 4) is 6.07 Å². The minimum absolute atomic E-state index is 0.202. The Kier molecular flexibility index (Phi) is 3.39. The van der Waals surface area contributed by atoms with Crippen molar-refractivity contribution >= 4 is 23.5 Å². The molecule has 3 heterocycles. The van der Waals surface area contributed by atoms with Gasteiger partial charge >= 0.3 is 6.09 Å². The van der Waals surface area contributed by atoms with Gasteiger partial charge in [0, 0.05) is 19.3 Å². The van der Waals surface area contributed by atoms with Gasteiger partial charge in [0.25, 0.3) is 0 Å². The maximum Gasteiger partial charge on any atom is 0.407 e. The number of nitrogens with zero attached hydrogens (tertiary/aromatic N) is 4. The molecule has 0 saturated carbocycles. The molecule has 8 nitrogen and oxygen atoms in total. The number of nitrogens with one attached hydrogen (secondary N) is 1. The molecular weight excluding hydrogens is 286 g/mol. The SMILES string of the molecule is N#Cc1ccc2nc(NC(=O)[C@H]3CCN(C(=O)O)C3)cn2c1. The van der Waals surface area contributed by atoms with Gasteiger partial charge in [0.1, 0.15) is 11.7 Å². The van der Waals surface area contributed by atoms with E-state index in [1.165, 1.54) is 4.90 Å². The highest BCUT2D eigenvalue weighted by Crippen LogP contribution is 2.19. The van der Waals surface area contributed by atoms with E-state index in [4.69, 9.17) is 10.4 Å². The number of amides is 2. The summed E-state index contributed by atoms with van der Waals surface area (Å²) in [5.74, 6) is -0.225. The van der Waals surface area contributed by atoms with Crippen LogP contribution in [0.2, 0.25) is 0 Å². The van der Waals surface area contributed by atoms with Crippen molar-refractivity contribution in [2.75, 3.05) is 18.4 Å². The second-order valence-corrected chi connectivity index (χ2v) is 5.12. The molecule has 1 aliphatic heterocycles. The Morgan fingerprint density at radius 3 is 2.91 bits per heavy atom. The average molecular weight is 299 g/mol. The van der Waals surface area contributed by atoms with Gasteiger partial charge in [-0.25, -0.2) is 9.78 Å². The fourth-order valence-electron chi connectivity index (χ4n) is 2.49. The first-order chi connectivity index (χ1) is 10.6. The maximum absolute atomic E-state index is 12.2. The van der Waals surface area contributed by atoms with Crippen LogP contribution in [0.5, 0.6) is 0 Å². The summed E-state index contributed by atoms with van der Waals surface area (Å²) in [5.41, 5.74) is 1.11. The zero-order valence-corrected chi connectivity index (χ0v) is 11.6. The summed E-state index contributed by atoms with van der Waals surface area (Å²) in [7, 11) is 0. The number of carbonyl (C=O) groups excluding carboxylic acids is 1. The number of fused-ring (bicyclic) bond motifs is 1. The number of imidazole rings is 1. The molecule has 2 N–H and O–H groups in total. The first-order valence-corrected chi connectivity index (χ1v) is 6.74. The summed E-state index contributed by atoms with van der Waals surface area (Å²) in [6.07, 6.45) is 2.74. The second kappa shape index (κ2) is 5.37. The van der Waals surface area contributed by atoms with E-state index in [2.05, 4.69) is 10.3 Å². The van der Waals surface area contributed by atoms with E-state index in [1.54, 1.807) is 28.9 Å². The molecule has 0 unspecified atom stereocenters. The predicted molar refractivity (Wildman–Crippen MR) is 76.2 cm³/mol. The Hall–Kier alpha value is -3.08. The van der Waals surface area contributed by atoms with Crippen LogP contribution in [0.25, 0.3) is 5.65 Å². The van der Waals surface area contributed by atoms with Crippen LogP contribution in [0, 0.1) is 17.2 Å². The van der Waals surface area contributed by atoms with Crippen molar-refractivity contribution < 1.29 is 14.7 Å². The number of rotatable bonds is 2. The third-order valence-corrected chi connectivity index (χ3v) is 3.66. The van der Waals surface area contributed by atoms with Gasteiger partial charge in [-0.15, -0.1) is 0 Å². The third kappa shape index (κ3) is 2.56. The minimum Gasteiger partial charge on any atom is -0.465 e. The summed E-state index contributed by atoms with van der Waals surface area (Å²) in [6.45, 7) is 0.567. The lowest BCUT2D eigenvalue weighted by molar-refractivity contribution is -0.119. The van der Waals surface area contributed by atoms with Crippen LogP contribution in [-0.4, -0.2) is 44.5 Å². The zero-order valence-electron chi connectivity index (χ0n) is 11.6. The van der Waals surface area contributed by atoms with Crippen LogP contribution in [0.3, 0.4) is 0 Å². The molecule has 112 valence electrons. The van der Waals surface area contributed by atoms with Gasteiger partial charge in [0.05, 0.1) is 17.7 Å². The molecule has 0 radical (unpaired) electrons. The van der Waals surface area contributed by atoms with Crippen molar-refractivity contribution in [2.24, 2.45) is 5.92 Å². The summed E-state index contributed by atoms with van der Waals surface area (Å²) >= 11 is 0. The number of anilines is 1. The van der Waals surface area contributed by atoms with E-state index in [9.17, 15) is 9.59 Å². The normalized spacial score (nSPS) is 17.4. The van der Waals surface area contributed by atoms with E-state index < -0.39 is 6.09 Å². The minimum atomic E-state index is -1.01. The van der Waals surface area contributed by atoms with Gasteiger partial charge in [0.15, 0.2) is 5.82 Å². The van der Waals surface area contributed by atoms with Gasteiger partial charge in [-0.2, -0.15) is 5.26 Å². The molecule has 0 aromatic carbocycles. The van der Waals surface area contributed by atoms with Crippen molar-refractivity contribution in [3.05, 3.63) is 30.1 Å². The number of likely N-dealkylation sites (tertiary alicyclic amines) is 1. The fraction of sp³-hybridized carbons (Fsp3) is 0.286. The molecule has 0 bridgehead atoms. The highest BCUT2D eigenvalue weighted by molar-refractivity contribution is 5.92. The average Bonchev–Trinajstić information content (AvgIpc) is 3.12. The third-order valence-electron chi connectivity index (χ3n) is 3.66. The second-order valence-electron chi connectivity index (χ2n) is 5.12. The predicted octanol–water partition coefficient (Wildman–Crippen LogP) is 1.14. The molecular formula is C14H13N5O3. The molecule has 1 atom stereocenters. The Labute approximate surface area is 125 Å². The molecule has 1 fully saturated rings. The summed E-state index contributed by atoms with van der Waals surface area (Å²) in [4.78, 5) is 28.5. The molecule has 1 saturated heterocycles. The Morgan fingerprint density at radius 2 is 2.23 bits per heavy atom. The van der Waals surface area contributed by atoms with E-state index in [-0.39, 0.29) is 18.4 Å². The monoisotopic (exact) mass is 299 g/mol. The van der Waals surface area contributed by atoms with Gasteiger partial charge < -0.3 is 19.7 Å². The smallest absolute Gasteiger partial charge is 0.407 e. The lowest BCUT2D eigenvalue weighted by atomic mass is 10.1.